The number of benzene rings is 1. The Kier molecular flexibility index (Phi) is 5.98. The zero-order valence-corrected chi connectivity index (χ0v) is 14.8. The van der Waals surface area contributed by atoms with Gasteiger partial charge in [0.25, 0.3) is 11.8 Å². The van der Waals surface area contributed by atoms with Gasteiger partial charge in [0.1, 0.15) is 0 Å². The van der Waals surface area contributed by atoms with Crippen LogP contribution in [0.5, 0.6) is 0 Å². The van der Waals surface area contributed by atoms with Crippen molar-refractivity contribution in [3.8, 4) is 0 Å². The third-order valence-corrected chi connectivity index (χ3v) is 4.04. The summed E-state index contributed by atoms with van der Waals surface area (Å²) in [4.78, 5) is 26.2. The van der Waals surface area contributed by atoms with Crippen LogP contribution in [0.15, 0.2) is 30.6 Å². The van der Waals surface area contributed by atoms with Crippen molar-refractivity contribution < 1.29 is 9.59 Å². The van der Waals surface area contributed by atoms with E-state index in [1.165, 1.54) is 6.20 Å². The Morgan fingerprint density at radius 3 is 2.50 bits per heavy atom. The zero-order valence-electron chi connectivity index (χ0n) is 14.0. The first-order valence-corrected chi connectivity index (χ1v) is 8.30. The van der Waals surface area contributed by atoms with Crippen LogP contribution < -0.4 is 5.32 Å². The number of hydrogen-bond donors (Lipinski definition) is 1. The number of rotatable bonds is 6. The van der Waals surface area contributed by atoms with Crippen molar-refractivity contribution in [2.75, 3.05) is 18.4 Å². The van der Waals surface area contributed by atoms with Gasteiger partial charge in [-0.25, -0.2) is 0 Å². The predicted molar refractivity (Wildman–Crippen MR) is 94.6 cm³/mol. The molecule has 1 heterocycles. The molecule has 1 aromatic carbocycles. The number of aryl methyl sites for hydroxylation is 1. The normalized spacial score (nSPS) is 10.5. The van der Waals surface area contributed by atoms with Gasteiger partial charge in [0.2, 0.25) is 0 Å². The van der Waals surface area contributed by atoms with Crippen molar-refractivity contribution in [3.05, 3.63) is 46.7 Å². The van der Waals surface area contributed by atoms with Crippen LogP contribution in [0.25, 0.3) is 0 Å². The zero-order chi connectivity index (χ0) is 17.7. The summed E-state index contributed by atoms with van der Waals surface area (Å²) in [5.41, 5.74) is 1.43. The molecule has 0 bridgehead atoms. The van der Waals surface area contributed by atoms with E-state index in [0.717, 1.165) is 0 Å². The smallest absolute Gasteiger partial charge is 0.258 e. The molecule has 2 aromatic rings. The van der Waals surface area contributed by atoms with E-state index in [1.54, 1.807) is 34.0 Å². The van der Waals surface area contributed by atoms with Crippen LogP contribution >= 0.6 is 11.6 Å². The van der Waals surface area contributed by atoms with Gasteiger partial charge in [-0.05, 0) is 39.0 Å². The van der Waals surface area contributed by atoms with Crippen LogP contribution in [-0.2, 0) is 6.54 Å². The molecule has 0 fully saturated rings. The van der Waals surface area contributed by atoms with Crippen molar-refractivity contribution in [1.29, 1.82) is 0 Å². The number of carbonyl (C=O) groups excluding carboxylic acids is 2. The highest BCUT2D eigenvalue weighted by Crippen LogP contribution is 2.23. The van der Waals surface area contributed by atoms with Crippen LogP contribution in [0, 0.1) is 0 Å². The SMILES string of the molecule is CCN(CC)C(=O)c1ccc(NC(=O)c2cnn(CC)c2)cc1Cl. The van der Waals surface area contributed by atoms with Gasteiger partial charge in [0, 0.05) is 31.5 Å². The fourth-order valence-electron chi connectivity index (χ4n) is 2.30. The molecule has 2 rings (SSSR count). The molecule has 0 spiro atoms. The minimum absolute atomic E-state index is 0.118. The van der Waals surface area contributed by atoms with Gasteiger partial charge >= 0.3 is 0 Å². The van der Waals surface area contributed by atoms with Crippen LogP contribution in [0.1, 0.15) is 41.5 Å². The first kappa shape index (κ1) is 18.0. The van der Waals surface area contributed by atoms with Crippen molar-refractivity contribution >= 4 is 29.1 Å². The lowest BCUT2D eigenvalue weighted by molar-refractivity contribution is 0.0773. The first-order chi connectivity index (χ1) is 11.5. The number of carbonyl (C=O) groups is 2. The number of halogens is 1. The van der Waals surface area contributed by atoms with E-state index >= 15 is 0 Å². The average molecular weight is 349 g/mol. The molecule has 0 aliphatic heterocycles. The minimum atomic E-state index is -0.270. The average Bonchev–Trinajstić information content (AvgIpc) is 3.05. The van der Waals surface area contributed by atoms with Crippen molar-refractivity contribution in [1.82, 2.24) is 14.7 Å². The van der Waals surface area contributed by atoms with Gasteiger partial charge < -0.3 is 10.2 Å². The summed E-state index contributed by atoms with van der Waals surface area (Å²) in [6, 6.07) is 4.89. The maximum absolute atomic E-state index is 12.4. The number of amides is 2. The Labute approximate surface area is 146 Å². The molecule has 0 atom stereocenters. The van der Waals surface area contributed by atoms with Gasteiger partial charge in [0.15, 0.2) is 0 Å². The topological polar surface area (TPSA) is 67.2 Å². The molecule has 128 valence electrons. The maximum Gasteiger partial charge on any atom is 0.258 e. The summed E-state index contributed by atoms with van der Waals surface area (Å²) in [5, 5.41) is 7.14. The predicted octanol–water partition coefficient (Wildman–Crippen LogP) is 3.29. The molecule has 0 radical (unpaired) electrons. The first-order valence-electron chi connectivity index (χ1n) is 7.92. The van der Waals surface area contributed by atoms with Crippen molar-refractivity contribution in [2.45, 2.75) is 27.3 Å². The lowest BCUT2D eigenvalue weighted by Crippen LogP contribution is -2.30. The molecule has 24 heavy (non-hydrogen) atoms. The summed E-state index contributed by atoms with van der Waals surface area (Å²) in [6.07, 6.45) is 3.19. The van der Waals surface area contributed by atoms with Crippen molar-refractivity contribution in [3.63, 3.8) is 0 Å². The lowest BCUT2D eigenvalue weighted by atomic mass is 10.1. The Hall–Kier alpha value is -2.34. The fourth-order valence-corrected chi connectivity index (χ4v) is 2.57. The molecule has 0 saturated heterocycles. The van der Waals surface area contributed by atoms with Gasteiger partial charge in [0.05, 0.1) is 22.3 Å². The summed E-state index contributed by atoms with van der Waals surface area (Å²) in [6.45, 7) is 7.71. The number of hydrogen-bond acceptors (Lipinski definition) is 3. The van der Waals surface area contributed by atoms with Gasteiger partial charge in [-0.3, -0.25) is 14.3 Å². The lowest BCUT2D eigenvalue weighted by Gasteiger charge is -2.19. The molecular weight excluding hydrogens is 328 g/mol. The van der Waals surface area contributed by atoms with E-state index in [2.05, 4.69) is 10.4 Å². The second-order valence-corrected chi connectivity index (χ2v) is 5.62. The molecule has 2 amide bonds. The van der Waals surface area contributed by atoms with Gasteiger partial charge in [-0.1, -0.05) is 11.6 Å². The molecule has 0 aliphatic carbocycles. The molecule has 0 unspecified atom stereocenters. The highest BCUT2D eigenvalue weighted by atomic mass is 35.5. The van der Waals surface area contributed by atoms with Crippen LogP contribution in [0.4, 0.5) is 5.69 Å². The van der Waals surface area contributed by atoms with E-state index in [4.69, 9.17) is 11.6 Å². The number of nitrogens with one attached hydrogen (secondary N) is 1. The largest absolute Gasteiger partial charge is 0.339 e. The molecule has 0 saturated carbocycles. The quantitative estimate of drug-likeness (QED) is 0.871. The molecule has 1 aromatic heterocycles. The minimum Gasteiger partial charge on any atom is -0.339 e. The van der Waals surface area contributed by atoms with Gasteiger partial charge in [-0.15, -0.1) is 0 Å². The van der Waals surface area contributed by atoms with E-state index in [1.807, 2.05) is 20.8 Å². The summed E-state index contributed by atoms with van der Waals surface area (Å²) in [5.74, 6) is -0.388. The molecule has 6 nitrogen and oxygen atoms in total. The second kappa shape index (κ2) is 7.97. The molecule has 7 heteroatoms. The van der Waals surface area contributed by atoms with E-state index < -0.39 is 0 Å². The number of anilines is 1. The summed E-state index contributed by atoms with van der Waals surface area (Å²) >= 11 is 6.22. The fraction of sp³-hybridized carbons (Fsp3) is 0.353. The highest BCUT2D eigenvalue weighted by Gasteiger charge is 2.17. The third-order valence-electron chi connectivity index (χ3n) is 3.73. The maximum atomic E-state index is 12.4. The Bertz CT molecular complexity index is 738. The van der Waals surface area contributed by atoms with Gasteiger partial charge in [-0.2, -0.15) is 5.10 Å². The van der Waals surface area contributed by atoms with E-state index in [9.17, 15) is 9.59 Å². The molecular formula is C17H21ClN4O2. The summed E-state index contributed by atoms with van der Waals surface area (Å²) < 4.78 is 1.67. The van der Waals surface area contributed by atoms with Crippen LogP contribution in [-0.4, -0.2) is 39.6 Å². The monoisotopic (exact) mass is 348 g/mol. The summed E-state index contributed by atoms with van der Waals surface area (Å²) in [7, 11) is 0. The Morgan fingerprint density at radius 2 is 1.96 bits per heavy atom. The van der Waals surface area contributed by atoms with Crippen LogP contribution in [0.3, 0.4) is 0 Å². The molecule has 0 aliphatic rings. The van der Waals surface area contributed by atoms with E-state index in [-0.39, 0.29) is 11.8 Å². The Balaban J connectivity index is 2.14. The number of aromatic nitrogens is 2. The molecule has 1 N–H and O–H groups in total. The highest BCUT2D eigenvalue weighted by molar-refractivity contribution is 6.34. The second-order valence-electron chi connectivity index (χ2n) is 5.21. The Morgan fingerprint density at radius 1 is 1.25 bits per heavy atom. The number of nitrogens with zero attached hydrogens (tertiary/aromatic N) is 3. The van der Waals surface area contributed by atoms with Crippen molar-refractivity contribution in [2.24, 2.45) is 0 Å². The third kappa shape index (κ3) is 3.94. The standard InChI is InChI=1S/C17H21ClN4O2/c1-4-21(5-2)17(24)14-8-7-13(9-15(14)18)20-16(23)12-10-19-22(6-3)11-12/h7-11H,4-6H2,1-3H3,(H,20,23). The van der Waals surface area contributed by atoms with Crippen LogP contribution in [0.2, 0.25) is 5.02 Å². The van der Waals surface area contributed by atoms with E-state index in [0.29, 0.717) is 41.5 Å².